The second-order valence-corrected chi connectivity index (χ2v) is 12.2. The zero-order valence-electron chi connectivity index (χ0n) is 21.8. The van der Waals surface area contributed by atoms with Gasteiger partial charge in [-0.2, -0.15) is 4.31 Å². The maximum absolute atomic E-state index is 13.7. The van der Waals surface area contributed by atoms with Crippen LogP contribution < -0.4 is 0 Å². The molecule has 5 rings (SSSR count). The van der Waals surface area contributed by atoms with E-state index in [0.717, 1.165) is 41.6 Å². The van der Waals surface area contributed by atoms with Gasteiger partial charge in [-0.1, -0.05) is 48.5 Å². The molecule has 0 aliphatic carbocycles. The molecule has 0 bridgehead atoms. The normalized spacial score (nSPS) is 23.1. The molecule has 2 heterocycles. The van der Waals surface area contributed by atoms with Gasteiger partial charge in [-0.15, -0.1) is 0 Å². The quantitative estimate of drug-likeness (QED) is 0.498. The number of rotatable bonds is 6. The topological polar surface area (TPSA) is 70.1 Å². The first-order chi connectivity index (χ1) is 17.8. The Morgan fingerprint density at radius 3 is 2.38 bits per heavy atom. The van der Waals surface area contributed by atoms with Crippen molar-refractivity contribution in [2.45, 2.75) is 49.6 Å². The molecular formula is C30H36N2O4S. The minimum atomic E-state index is -3.59. The Morgan fingerprint density at radius 2 is 1.68 bits per heavy atom. The average molecular weight is 521 g/mol. The number of sulfonamides is 1. The lowest BCUT2D eigenvalue weighted by Gasteiger charge is -2.57. The van der Waals surface area contributed by atoms with Crippen molar-refractivity contribution in [1.29, 1.82) is 0 Å². The first-order valence-electron chi connectivity index (χ1n) is 13.0. The summed E-state index contributed by atoms with van der Waals surface area (Å²) in [5.74, 6) is 0.451. The van der Waals surface area contributed by atoms with Crippen molar-refractivity contribution in [2.75, 3.05) is 33.4 Å². The molecule has 2 saturated heterocycles. The lowest BCUT2D eigenvalue weighted by Crippen LogP contribution is -2.68. The zero-order chi connectivity index (χ0) is 26.2. The molecule has 2 aliphatic rings. The van der Waals surface area contributed by atoms with Gasteiger partial charge in [-0.25, -0.2) is 8.42 Å². The Morgan fingerprint density at radius 1 is 0.946 bits per heavy atom. The van der Waals surface area contributed by atoms with Crippen LogP contribution in [-0.4, -0.2) is 68.2 Å². The number of phenolic OH excluding ortho intramolecular Hbond substituents is 1. The van der Waals surface area contributed by atoms with Gasteiger partial charge in [0.2, 0.25) is 10.0 Å². The van der Waals surface area contributed by atoms with Crippen LogP contribution in [0.2, 0.25) is 0 Å². The van der Waals surface area contributed by atoms with E-state index in [0.29, 0.717) is 24.6 Å². The van der Waals surface area contributed by atoms with E-state index in [1.165, 1.54) is 5.56 Å². The van der Waals surface area contributed by atoms with Crippen LogP contribution in [0.1, 0.15) is 35.4 Å². The molecule has 0 spiro atoms. The van der Waals surface area contributed by atoms with Crippen molar-refractivity contribution in [3.63, 3.8) is 0 Å². The van der Waals surface area contributed by atoms with Crippen LogP contribution in [0.25, 0.3) is 11.1 Å². The maximum atomic E-state index is 13.7. The van der Waals surface area contributed by atoms with E-state index in [1.54, 1.807) is 35.7 Å². The van der Waals surface area contributed by atoms with Crippen LogP contribution in [0, 0.1) is 13.8 Å². The number of hydrogen-bond acceptors (Lipinski definition) is 5. The van der Waals surface area contributed by atoms with Gasteiger partial charge in [0, 0.05) is 38.2 Å². The molecule has 0 amide bonds. The number of benzene rings is 3. The number of ether oxygens (including phenoxy) is 1. The summed E-state index contributed by atoms with van der Waals surface area (Å²) < 4.78 is 34.8. The highest BCUT2D eigenvalue weighted by atomic mass is 32.2. The van der Waals surface area contributed by atoms with Gasteiger partial charge < -0.3 is 9.84 Å². The minimum absolute atomic E-state index is 0.0977. The second kappa shape index (κ2) is 10.6. The molecule has 3 aromatic rings. The molecule has 3 atom stereocenters. The molecule has 1 N–H and O–H groups in total. The lowest BCUT2D eigenvalue weighted by atomic mass is 9.74. The molecular weight excluding hydrogens is 484 g/mol. The molecule has 2 fully saturated rings. The third kappa shape index (κ3) is 4.93. The first-order valence-corrected chi connectivity index (χ1v) is 14.5. The van der Waals surface area contributed by atoms with E-state index < -0.39 is 10.0 Å². The number of aromatic hydroxyl groups is 1. The highest BCUT2D eigenvalue weighted by Crippen LogP contribution is 2.43. The molecule has 0 aromatic heterocycles. The molecule has 1 unspecified atom stereocenters. The summed E-state index contributed by atoms with van der Waals surface area (Å²) in [6, 6.07) is 21.6. The Bertz CT molecular complexity index is 1360. The van der Waals surface area contributed by atoms with Crippen molar-refractivity contribution < 1.29 is 18.3 Å². The summed E-state index contributed by atoms with van der Waals surface area (Å²) >= 11 is 0. The Balaban J connectivity index is 1.45. The summed E-state index contributed by atoms with van der Waals surface area (Å²) in [6.45, 7) is 6.45. The van der Waals surface area contributed by atoms with Crippen LogP contribution >= 0.6 is 0 Å². The Kier molecular flexibility index (Phi) is 7.41. The number of hydrogen-bond donors (Lipinski definition) is 1. The summed E-state index contributed by atoms with van der Waals surface area (Å²) in [5, 5.41) is 9.78. The number of fused-ring (bicyclic) bond motifs is 1. The monoisotopic (exact) mass is 520 g/mol. The highest BCUT2D eigenvalue weighted by molar-refractivity contribution is 7.89. The molecule has 3 aromatic carbocycles. The molecule has 0 saturated carbocycles. The predicted octanol–water partition coefficient (Wildman–Crippen LogP) is 4.94. The third-order valence-electron chi connectivity index (χ3n) is 8.01. The predicted molar refractivity (Wildman–Crippen MR) is 146 cm³/mol. The smallest absolute Gasteiger partial charge is 0.243 e. The van der Waals surface area contributed by atoms with Crippen molar-refractivity contribution in [3.05, 3.63) is 83.4 Å². The van der Waals surface area contributed by atoms with Crippen LogP contribution in [0.4, 0.5) is 0 Å². The Hall–Kier alpha value is -2.71. The molecule has 0 radical (unpaired) electrons. The maximum Gasteiger partial charge on any atom is 0.243 e. The fourth-order valence-electron chi connectivity index (χ4n) is 6.12. The minimum Gasteiger partial charge on any atom is -0.508 e. The molecule has 2 aliphatic heterocycles. The average Bonchev–Trinajstić information content (AvgIpc) is 2.85. The van der Waals surface area contributed by atoms with Crippen molar-refractivity contribution in [1.82, 2.24) is 9.21 Å². The highest BCUT2D eigenvalue weighted by Gasteiger charge is 2.50. The van der Waals surface area contributed by atoms with E-state index in [1.807, 2.05) is 32.0 Å². The largest absolute Gasteiger partial charge is 0.508 e. The standard InChI is InChI=1S/C30H36N2O4S/c1-21-8-4-5-9-29(21)37(34,35)31-16-6-7-17-32-27(19-31)30(28(32)20-36-3)24-12-10-23(11-13-24)26-15-14-25(33)18-22(26)2/h4-5,8-15,18,27-28,30,33H,6-7,16-17,19-20H2,1-3H3/t27-,28?,30-/m0/s1. The van der Waals surface area contributed by atoms with E-state index >= 15 is 0 Å². The van der Waals surface area contributed by atoms with Crippen LogP contribution in [0.5, 0.6) is 5.75 Å². The van der Waals surface area contributed by atoms with E-state index in [4.69, 9.17) is 4.74 Å². The van der Waals surface area contributed by atoms with Crippen molar-refractivity contribution >= 4 is 10.0 Å². The van der Waals surface area contributed by atoms with E-state index in [-0.39, 0.29) is 23.8 Å². The van der Waals surface area contributed by atoms with Gasteiger partial charge in [-0.05, 0) is 79.3 Å². The SMILES string of the molecule is COCC1[C@@H](c2ccc(-c3ccc(O)cc3C)cc2)[C@@H]2CN(S(=O)(=O)c3ccccc3C)CCCCN12. The van der Waals surface area contributed by atoms with Gasteiger partial charge in [-0.3, -0.25) is 4.90 Å². The Labute approximate surface area is 220 Å². The summed E-state index contributed by atoms with van der Waals surface area (Å²) in [5.41, 5.74) is 5.20. The molecule has 6 nitrogen and oxygen atoms in total. The van der Waals surface area contributed by atoms with Crippen LogP contribution in [-0.2, 0) is 14.8 Å². The number of nitrogens with zero attached hydrogens (tertiary/aromatic N) is 2. The third-order valence-corrected chi connectivity index (χ3v) is 10.0. The zero-order valence-corrected chi connectivity index (χ0v) is 22.6. The van der Waals surface area contributed by atoms with Crippen LogP contribution in [0.3, 0.4) is 0 Å². The van der Waals surface area contributed by atoms with Gasteiger partial charge in [0.1, 0.15) is 5.75 Å². The molecule has 37 heavy (non-hydrogen) atoms. The summed E-state index contributed by atoms with van der Waals surface area (Å²) in [4.78, 5) is 2.85. The van der Waals surface area contributed by atoms with Gasteiger partial charge in [0.05, 0.1) is 11.5 Å². The van der Waals surface area contributed by atoms with Crippen LogP contribution in [0.15, 0.2) is 71.6 Å². The number of aryl methyl sites for hydroxylation is 2. The molecule has 196 valence electrons. The van der Waals surface area contributed by atoms with Crippen molar-refractivity contribution in [3.8, 4) is 16.9 Å². The summed E-state index contributed by atoms with van der Waals surface area (Å²) in [7, 11) is -1.85. The van der Waals surface area contributed by atoms with E-state index in [9.17, 15) is 13.5 Å². The number of phenols is 1. The van der Waals surface area contributed by atoms with Gasteiger partial charge >= 0.3 is 0 Å². The first kappa shape index (κ1) is 25.9. The fraction of sp³-hybridized carbons (Fsp3) is 0.400. The molecule has 7 heteroatoms. The fourth-order valence-corrected chi connectivity index (χ4v) is 7.84. The summed E-state index contributed by atoms with van der Waals surface area (Å²) in [6.07, 6.45) is 1.81. The van der Waals surface area contributed by atoms with Gasteiger partial charge in [0.15, 0.2) is 0 Å². The number of methoxy groups -OCH3 is 1. The second-order valence-electron chi connectivity index (χ2n) is 10.3. The lowest BCUT2D eigenvalue weighted by molar-refractivity contribution is -0.0635. The van der Waals surface area contributed by atoms with Gasteiger partial charge in [0.25, 0.3) is 0 Å². The van der Waals surface area contributed by atoms with Crippen molar-refractivity contribution in [2.24, 2.45) is 0 Å². The van der Waals surface area contributed by atoms with E-state index in [2.05, 4.69) is 29.2 Å².